The average molecular weight is 456 g/mol. The van der Waals surface area contributed by atoms with E-state index in [-0.39, 0.29) is 32.0 Å². The largest absolute Gasteiger partial charge is 0.369 e. The van der Waals surface area contributed by atoms with Gasteiger partial charge < -0.3 is 17.2 Å². The predicted octanol–water partition coefficient (Wildman–Crippen LogP) is -2.33. The van der Waals surface area contributed by atoms with Gasteiger partial charge in [0.2, 0.25) is 17.7 Å². The smallest absolute Gasteiger partial charge is 0.231 e. The maximum Gasteiger partial charge on any atom is 0.231 e. The third-order valence-electron chi connectivity index (χ3n) is 5.49. The van der Waals surface area contributed by atoms with E-state index < -0.39 is 23.1 Å². The first kappa shape index (κ1) is 28.0. The number of carbonyl (C=O) groups is 4. The topological polar surface area (TPSA) is 159 Å². The molecule has 1 aliphatic rings. The van der Waals surface area contributed by atoms with Crippen LogP contribution >= 0.6 is 0 Å². The third kappa shape index (κ3) is 12.1. The normalized spacial score (nSPS) is 19.5. The minimum absolute atomic E-state index is 0.0965. The van der Waals surface area contributed by atoms with Gasteiger partial charge >= 0.3 is 0 Å². The molecule has 3 amide bonds. The van der Waals surface area contributed by atoms with E-state index in [9.17, 15) is 19.2 Å². The minimum Gasteiger partial charge on any atom is -0.369 e. The fraction of sp³-hybridized carbons (Fsp3) is 0.810. The number of Topliss-reactive ketones (excluding diaryl/α,β-unsaturated/α-hetero) is 1. The second-order valence-electron chi connectivity index (χ2n) is 9.53. The summed E-state index contributed by atoms with van der Waals surface area (Å²) in [5.74, 6) is -1.14. The molecule has 1 heterocycles. The third-order valence-corrected chi connectivity index (χ3v) is 5.49. The molecule has 0 unspecified atom stereocenters. The van der Waals surface area contributed by atoms with Gasteiger partial charge in [0.25, 0.3) is 0 Å². The van der Waals surface area contributed by atoms with Crippen molar-refractivity contribution in [1.82, 2.24) is 19.6 Å². The molecule has 1 aliphatic heterocycles. The molecule has 0 aliphatic carbocycles. The van der Waals surface area contributed by atoms with Crippen molar-refractivity contribution in [2.45, 2.75) is 27.2 Å². The van der Waals surface area contributed by atoms with Crippen molar-refractivity contribution in [3.05, 3.63) is 0 Å². The van der Waals surface area contributed by atoms with Crippen LogP contribution in [0.1, 0.15) is 27.2 Å². The van der Waals surface area contributed by atoms with Crippen LogP contribution in [-0.2, 0) is 19.2 Å². The number of primary amides is 3. The Morgan fingerprint density at radius 1 is 0.562 bits per heavy atom. The van der Waals surface area contributed by atoms with E-state index in [0.717, 1.165) is 6.42 Å². The maximum atomic E-state index is 12.7. The highest BCUT2D eigenvalue weighted by molar-refractivity contribution is 5.85. The van der Waals surface area contributed by atoms with E-state index in [4.69, 9.17) is 17.2 Å². The fourth-order valence-electron chi connectivity index (χ4n) is 3.55. The lowest BCUT2D eigenvalue weighted by atomic mass is 9.90. The van der Waals surface area contributed by atoms with Crippen LogP contribution in [0.4, 0.5) is 0 Å². The zero-order chi connectivity index (χ0) is 24.3. The molecule has 1 rings (SSSR count). The van der Waals surface area contributed by atoms with Crippen molar-refractivity contribution in [2.75, 3.05) is 78.5 Å². The molecule has 0 bridgehead atoms. The first-order valence-corrected chi connectivity index (χ1v) is 11.1. The minimum atomic E-state index is -0.462. The van der Waals surface area contributed by atoms with Gasteiger partial charge in [-0.25, -0.2) is 0 Å². The molecule has 0 atom stereocenters. The highest BCUT2D eigenvalue weighted by Crippen LogP contribution is 2.15. The van der Waals surface area contributed by atoms with Crippen LogP contribution in [0.2, 0.25) is 0 Å². The number of nitrogens with two attached hydrogens (primary N) is 3. The Morgan fingerprint density at radius 3 is 1.12 bits per heavy atom. The number of amides is 3. The van der Waals surface area contributed by atoms with E-state index in [0.29, 0.717) is 52.4 Å². The summed E-state index contributed by atoms with van der Waals surface area (Å²) in [6.45, 7) is 10.9. The quantitative estimate of drug-likeness (QED) is 0.367. The van der Waals surface area contributed by atoms with Crippen LogP contribution in [0.5, 0.6) is 0 Å². The van der Waals surface area contributed by atoms with E-state index in [2.05, 4.69) is 4.90 Å². The summed E-state index contributed by atoms with van der Waals surface area (Å²) >= 11 is 0. The molecule has 0 aromatic rings. The molecule has 0 aromatic heterocycles. The van der Waals surface area contributed by atoms with Gasteiger partial charge in [0.1, 0.15) is 0 Å². The van der Waals surface area contributed by atoms with Gasteiger partial charge in [-0.1, -0.05) is 20.8 Å². The number of hydrogen-bond donors (Lipinski definition) is 3. The van der Waals surface area contributed by atoms with Crippen molar-refractivity contribution >= 4 is 23.5 Å². The summed E-state index contributed by atoms with van der Waals surface area (Å²) in [7, 11) is 0. The predicted molar refractivity (Wildman–Crippen MR) is 122 cm³/mol. The fourth-order valence-corrected chi connectivity index (χ4v) is 3.55. The Bertz CT molecular complexity index is 651. The highest BCUT2D eigenvalue weighted by Gasteiger charge is 2.25. The molecule has 0 saturated carbocycles. The van der Waals surface area contributed by atoms with Crippen molar-refractivity contribution in [3.8, 4) is 0 Å². The second kappa shape index (κ2) is 13.5. The maximum absolute atomic E-state index is 12.7. The summed E-state index contributed by atoms with van der Waals surface area (Å²) in [6.07, 6.45) is 0.720. The van der Waals surface area contributed by atoms with E-state index in [1.165, 1.54) is 0 Å². The Balaban J connectivity index is 3.01. The van der Waals surface area contributed by atoms with Gasteiger partial charge in [-0.05, 0) is 19.5 Å². The van der Waals surface area contributed by atoms with E-state index in [1.807, 2.05) is 35.5 Å². The molecule has 1 saturated heterocycles. The van der Waals surface area contributed by atoms with Gasteiger partial charge in [0, 0.05) is 44.7 Å². The average Bonchev–Trinajstić information content (AvgIpc) is 2.65. The zero-order valence-electron chi connectivity index (χ0n) is 19.8. The SMILES string of the molecule is CC(C)(C)C(=O)CN1CCN(CC(N)=O)CCCN(CC(N)=O)CCN(CC(N)=O)CC1. The number of carbonyl (C=O) groups excluding carboxylic acids is 4. The van der Waals surface area contributed by atoms with Crippen molar-refractivity contribution < 1.29 is 19.2 Å². The van der Waals surface area contributed by atoms with Gasteiger partial charge in [0.05, 0.1) is 26.2 Å². The van der Waals surface area contributed by atoms with Crippen LogP contribution in [0.15, 0.2) is 0 Å². The zero-order valence-corrected chi connectivity index (χ0v) is 19.8. The van der Waals surface area contributed by atoms with Gasteiger partial charge in [-0.2, -0.15) is 0 Å². The van der Waals surface area contributed by atoms with E-state index >= 15 is 0 Å². The molecule has 11 heteroatoms. The van der Waals surface area contributed by atoms with Crippen molar-refractivity contribution in [2.24, 2.45) is 22.6 Å². The molecule has 1 fully saturated rings. The monoisotopic (exact) mass is 455 g/mol. The summed E-state index contributed by atoms with van der Waals surface area (Å²) in [5.41, 5.74) is 15.8. The molecule has 184 valence electrons. The summed E-state index contributed by atoms with van der Waals surface area (Å²) in [4.78, 5) is 55.1. The summed E-state index contributed by atoms with van der Waals surface area (Å²) in [5, 5.41) is 0. The number of ketones is 1. The molecular weight excluding hydrogens is 414 g/mol. The number of nitrogens with zero attached hydrogens (tertiary/aromatic N) is 4. The molecule has 6 N–H and O–H groups in total. The molecule has 11 nitrogen and oxygen atoms in total. The molecule has 0 radical (unpaired) electrons. The summed E-state index contributed by atoms with van der Waals surface area (Å²) in [6, 6.07) is 0. The lowest BCUT2D eigenvalue weighted by Gasteiger charge is -2.30. The standard InChI is InChI=1S/C21H41N7O4/c1-21(2,3)17(29)13-27-9-7-25(14-18(22)30)5-4-6-26(15-19(23)31)8-11-28(12-10-27)16-20(24)32/h4-16H2,1-3H3,(H2,22,30)(H2,23,31)(H2,24,32). The van der Waals surface area contributed by atoms with E-state index in [1.54, 1.807) is 0 Å². The Kier molecular flexibility index (Phi) is 11.8. The summed E-state index contributed by atoms with van der Waals surface area (Å²) < 4.78 is 0. The Labute approximate surface area is 191 Å². The second-order valence-corrected chi connectivity index (χ2v) is 9.53. The van der Waals surface area contributed by atoms with Crippen LogP contribution in [0.25, 0.3) is 0 Å². The van der Waals surface area contributed by atoms with Gasteiger partial charge in [0.15, 0.2) is 5.78 Å². The number of hydrogen-bond acceptors (Lipinski definition) is 8. The number of rotatable bonds is 8. The molecule has 0 spiro atoms. The lowest BCUT2D eigenvalue weighted by molar-refractivity contribution is -0.128. The van der Waals surface area contributed by atoms with Crippen LogP contribution < -0.4 is 17.2 Å². The van der Waals surface area contributed by atoms with Gasteiger partial charge in [-0.15, -0.1) is 0 Å². The van der Waals surface area contributed by atoms with Crippen LogP contribution in [-0.4, -0.2) is 122 Å². The van der Waals surface area contributed by atoms with Crippen molar-refractivity contribution in [3.63, 3.8) is 0 Å². The van der Waals surface area contributed by atoms with Crippen LogP contribution in [0, 0.1) is 5.41 Å². The molecule has 32 heavy (non-hydrogen) atoms. The van der Waals surface area contributed by atoms with Crippen molar-refractivity contribution in [1.29, 1.82) is 0 Å². The highest BCUT2D eigenvalue weighted by atomic mass is 16.2. The lowest BCUT2D eigenvalue weighted by Crippen LogP contribution is -2.47. The first-order valence-electron chi connectivity index (χ1n) is 11.1. The molecular formula is C21H41N7O4. The molecule has 0 aromatic carbocycles. The Hall–Kier alpha value is -2.08. The Morgan fingerprint density at radius 2 is 0.844 bits per heavy atom. The van der Waals surface area contributed by atoms with Gasteiger partial charge in [-0.3, -0.25) is 38.8 Å². The first-order chi connectivity index (χ1) is 14.9. The van der Waals surface area contributed by atoms with Crippen LogP contribution in [0.3, 0.4) is 0 Å².